The van der Waals surface area contributed by atoms with Crippen LogP contribution in [-0.4, -0.2) is 30.3 Å². The van der Waals surface area contributed by atoms with Crippen LogP contribution in [0.25, 0.3) is 0 Å². The minimum absolute atomic E-state index is 0.295. The van der Waals surface area contributed by atoms with E-state index in [1.807, 2.05) is 12.1 Å². The van der Waals surface area contributed by atoms with Gasteiger partial charge in [-0.05, 0) is 31.5 Å². The molecule has 0 fully saturated rings. The molecule has 17 heavy (non-hydrogen) atoms. The Balaban J connectivity index is 2.47. The highest BCUT2D eigenvalue weighted by Gasteiger charge is 2.05. The van der Waals surface area contributed by atoms with Gasteiger partial charge >= 0.3 is 5.97 Å². The third kappa shape index (κ3) is 4.97. The van der Waals surface area contributed by atoms with Crippen LogP contribution >= 0.6 is 0 Å². The average molecular weight is 237 g/mol. The van der Waals surface area contributed by atoms with Crippen LogP contribution in [0.5, 0.6) is 0 Å². The van der Waals surface area contributed by atoms with Gasteiger partial charge in [0.25, 0.3) is 0 Å². The van der Waals surface area contributed by atoms with Crippen molar-refractivity contribution in [1.82, 2.24) is 5.32 Å². The van der Waals surface area contributed by atoms with Crippen LogP contribution in [0.15, 0.2) is 24.3 Å². The van der Waals surface area contributed by atoms with Crippen molar-refractivity contribution >= 4 is 5.97 Å². The van der Waals surface area contributed by atoms with Gasteiger partial charge in [0.1, 0.15) is 0 Å². The Morgan fingerprint density at radius 1 is 1.41 bits per heavy atom. The van der Waals surface area contributed by atoms with Crippen molar-refractivity contribution in [3.63, 3.8) is 0 Å². The molecule has 0 amide bonds. The maximum atomic E-state index is 11.4. The molecule has 0 heterocycles. The van der Waals surface area contributed by atoms with E-state index < -0.39 is 0 Å². The quantitative estimate of drug-likeness (QED) is 0.733. The lowest BCUT2D eigenvalue weighted by atomic mass is 10.1. The zero-order chi connectivity index (χ0) is 12.7. The Hall–Kier alpha value is -1.39. The van der Waals surface area contributed by atoms with Crippen molar-refractivity contribution in [2.75, 3.05) is 13.2 Å². The molecule has 0 aliphatic carbocycles. The van der Waals surface area contributed by atoms with Crippen LogP contribution in [0.1, 0.15) is 29.8 Å². The molecule has 94 valence electrons. The number of nitrogens with one attached hydrogen (secondary N) is 1. The summed E-state index contributed by atoms with van der Waals surface area (Å²) in [5, 5.41) is 12.2. The zero-order valence-corrected chi connectivity index (χ0v) is 10.3. The second kappa shape index (κ2) is 7.04. The van der Waals surface area contributed by atoms with E-state index in [9.17, 15) is 4.79 Å². The molecule has 2 N–H and O–H groups in total. The first-order chi connectivity index (χ1) is 8.13. The molecule has 0 saturated carbocycles. The molecular weight excluding hydrogens is 218 g/mol. The first-order valence-electron chi connectivity index (χ1n) is 5.78. The highest BCUT2D eigenvalue weighted by atomic mass is 16.5. The molecule has 0 saturated heterocycles. The second-order valence-electron chi connectivity index (χ2n) is 3.90. The van der Waals surface area contributed by atoms with Gasteiger partial charge in [0, 0.05) is 13.1 Å². The fourth-order valence-electron chi connectivity index (χ4n) is 1.40. The molecule has 1 aromatic carbocycles. The van der Waals surface area contributed by atoms with Gasteiger partial charge in [-0.1, -0.05) is 12.1 Å². The summed E-state index contributed by atoms with van der Waals surface area (Å²) in [6, 6.07) is 7.25. The number of aliphatic hydroxyl groups is 1. The van der Waals surface area contributed by atoms with E-state index >= 15 is 0 Å². The maximum absolute atomic E-state index is 11.4. The summed E-state index contributed by atoms with van der Waals surface area (Å²) in [4.78, 5) is 11.4. The normalized spacial score (nSPS) is 12.2. The molecule has 0 aliphatic rings. The first-order valence-corrected chi connectivity index (χ1v) is 5.78. The molecule has 1 unspecified atom stereocenters. The molecular formula is C13H19NO3. The predicted octanol–water partition coefficient (Wildman–Crippen LogP) is 1.33. The Bertz CT molecular complexity index is 346. The Morgan fingerprint density at radius 3 is 2.59 bits per heavy atom. The SMILES string of the molecule is CCOC(=O)c1ccc(CNCC(C)O)cc1. The molecule has 1 rings (SSSR count). The fourth-order valence-corrected chi connectivity index (χ4v) is 1.40. The summed E-state index contributed by atoms with van der Waals surface area (Å²) in [5.74, 6) is -0.295. The molecule has 1 atom stereocenters. The van der Waals surface area contributed by atoms with Gasteiger partial charge in [-0.3, -0.25) is 0 Å². The lowest BCUT2D eigenvalue weighted by molar-refractivity contribution is 0.0526. The van der Waals surface area contributed by atoms with Gasteiger partial charge in [-0.25, -0.2) is 4.79 Å². The number of carbonyl (C=O) groups is 1. The van der Waals surface area contributed by atoms with Crippen molar-refractivity contribution in [2.24, 2.45) is 0 Å². The monoisotopic (exact) mass is 237 g/mol. The molecule has 0 aromatic heterocycles. The number of hydrogen-bond donors (Lipinski definition) is 2. The molecule has 0 aliphatic heterocycles. The largest absolute Gasteiger partial charge is 0.462 e. The van der Waals surface area contributed by atoms with Crippen molar-refractivity contribution in [2.45, 2.75) is 26.5 Å². The third-order valence-electron chi connectivity index (χ3n) is 2.23. The van der Waals surface area contributed by atoms with Crippen molar-refractivity contribution in [3.8, 4) is 0 Å². The standard InChI is InChI=1S/C13H19NO3/c1-3-17-13(16)12-6-4-11(5-7-12)9-14-8-10(2)15/h4-7,10,14-15H,3,8-9H2,1-2H3. The van der Waals surface area contributed by atoms with Crippen LogP contribution in [0, 0.1) is 0 Å². The lowest BCUT2D eigenvalue weighted by Gasteiger charge is -2.07. The number of ether oxygens (including phenoxy) is 1. The zero-order valence-electron chi connectivity index (χ0n) is 10.3. The number of carbonyl (C=O) groups excluding carboxylic acids is 1. The molecule has 1 aromatic rings. The molecule has 0 bridgehead atoms. The van der Waals surface area contributed by atoms with Crippen molar-refractivity contribution in [3.05, 3.63) is 35.4 Å². The van der Waals surface area contributed by atoms with E-state index in [4.69, 9.17) is 9.84 Å². The Labute approximate surface area is 102 Å². The third-order valence-corrected chi connectivity index (χ3v) is 2.23. The van der Waals surface area contributed by atoms with Gasteiger partial charge < -0.3 is 15.2 Å². The van der Waals surface area contributed by atoms with Crippen molar-refractivity contribution in [1.29, 1.82) is 0 Å². The predicted molar refractivity (Wildman–Crippen MR) is 65.8 cm³/mol. The highest BCUT2D eigenvalue weighted by Crippen LogP contribution is 2.05. The van der Waals surface area contributed by atoms with Crippen molar-refractivity contribution < 1.29 is 14.6 Å². The number of esters is 1. The van der Waals surface area contributed by atoms with E-state index in [-0.39, 0.29) is 12.1 Å². The van der Waals surface area contributed by atoms with E-state index in [1.165, 1.54) is 0 Å². The minimum atomic E-state index is -0.353. The van der Waals surface area contributed by atoms with Crippen LogP contribution in [0.4, 0.5) is 0 Å². The van der Waals surface area contributed by atoms with Crippen LogP contribution in [0.2, 0.25) is 0 Å². The smallest absolute Gasteiger partial charge is 0.338 e. The van der Waals surface area contributed by atoms with Gasteiger partial charge in [-0.2, -0.15) is 0 Å². The van der Waals surface area contributed by atoms with E-state index in [0.717, 1.165) is 5.56 Å². The summed E-state index contributed by atoms with van der Waals surface area (Å²) in [7, 11) is 0. The van der Waals surface area contributed by atoms with E-state index in [0.29, 0.717) is 25.3 Å². The van der Waals surface area contributed by atoms with Gasteiger partial charge in [0.2, 0.25) is 0 Å². The van der Waals surface area contributed by atoms with Crippen LogP contribution < -0.4 is 5.32 Å². The number of aliphatic hydroxyl groups excluding tert-OH is 1. The van der Waals surface area contributed by atoms with E-state index in [1.54, 1.807) is 26.0 Å². The summed E-state index contributed by atoms with van der Waals surface area (Å²) in [6.07, 6.45) is -0.353. The summed E-state index contributed by atoms with van der Waals surface area (Å²) in [6.45, 7) is 5.13. The second-order valence-corrected chi connectivity index (χ2v) is 3.90. The minimum Gasteiger partial charge on any atom is -0.462 e. The summed E-state index contributed by atoms with van der Waals surface area (Å²) < 4.78 is 4.89. The lowest BCUT2D eigenvalue weighted by Crippen LogP contribution is -2.23. The molecule has 0 spiro atoms. The topological polar surface area (TPSA) is 58.6 Å². The van der Waals surface area contributed by atoms with Gasteiger partial charge in [0.15, 0.2) is 0 Å². The molecule has 4 nitrogen and oxygen atoms in total. The molecule has 4 heteroatoms. The first kappa shape index (κ1) is 13.7. The molecule has 0 radical (unpaired) electrons. The Morgan fingerprint density at radius 2 is 2.06 bits per heavy atom. The van der Waals surface area contributed by atoms with Crippen LogP contribution in [-0.2, 0) is 11.3 Å². The fraction of sp³-hybridized carbons (Fsp3) is 0.462. The van der Waals surface area contributed by atoms with Gasteiger partial charge in [0.05, 0.1) is 18.3 Å². The van der Waals surface area contributed by atoms with Gasteiger partial charge in [-0.15, -0.1) is 0 Å². The number of hydrogen-bond acceptors (Lipinski definition) is 4. The summed E-state index contributed by atoms with van der Waals surface area (Å²) >= 11 is 0. The number of benzene rings is 1. The van der Waals surface area contributed by atoms with E-state index in [2.05, 4.69) is 5.32 Å². The summed E-state index contributed by atoms with van der Waals surface area (Å²) in [5.41, 5.74) is 1.63. The Kier molecular flexibility index (Phi) is 5.66. The number of rotatable bonds is 6. The highest BCUT2D eigenvalue weighted by molar-refractivity contribution is 5.89. The average Bonchev–Trinajstić information content (AvgIpc) is 2.30. The maximum Gasteiger partial charge on any atom is 0.338 e. The van der Waals surface area contributed by atoms with Crippen LogP contribution in [0.3, 0.4) is 0 Å².